The van der Waals surface area contributed by atoms with Crippen molar-refractivity contribution in [2.45, 2.75) is 70.1 Å². The summed E-state index contributed by atoms with van der Waals surface area (Å²) in [5.41, 5.74) is 1.22. The van der Waals surface area contributed by atoms with Crippen LogP contribution in [-0.2, 0) is 5.41 Å². The number of aromatic nitrogens is 1. The van der Waals surface area contributed by atoms with Crippen LogP contribution in [0.1, 0.15) is 52.1 Å². The highest BCUT2D eigenvalue weighted by molar-refractivity contribution is 5.23. The predicted molar refractivity (Wildman–Crippen MR) is 76.5 cm³/mol. The van der Waals surface area contributed by atoms with E-state index in [1.165, 1.54) is 12.8 Å². The fraction of sp³-hybridized carbons (Fsp3) is 0.688. The first-order valence-corrected chi connectivity index (χ1v) is 7.40. The molecule has 2 fully saturated rings. The first-order chi connectivity index (χ1) is 9.00. The number of nitrogens with zero attached hydrogens (tertiary/aromatic N) is 1. The molecule has 2 aliphatic rings. The zero-order chi connectivity index (χ0) is 13.5. The Hall–Kier alpha value is -1.09. The highest BCUT2D eigenvalue weighted by Gasteiger charge is 2.34. The van der Waals surface area contributed by atoms with Gasteiger partial charge in [-0.1, -0.05) is 20.8 Å². The van der Waals surface area contributed by atoms with E-state index >= 15 is 0 Å². The van der Waals surface area contributed by atoms with Gasteiger partial charge >= 0.3 is 0 Å². The number of fused-ring (bicyclic) bond motifs is 2. The molecule has 0 saturated carbocycles. The maximum atomic E-state index is 6.10. The molecule has 0 amide bonds. The van der Waals surface area contributed by atoms with Gasteiger partial charge in [-0.3, -0.25) is 4.98 Å². The van der Waals surface area contributed by atoms with Crippen LogP contribution in [0.5, 0.6) is 5.75 Å². The van der Waals surface area contributed by atoms with Crippen molar-refractivity contribution in [1.29, 1.82) is 0 Å². The first kappa shape index (κ1) is 12.9. The van der Waals surface area contributed by atoms with E-state index in [1.54, 1.807) is 0 Å². The molecular weight excluding hydrogens is 236 g/mol. The largest absolute Gasteiger partial charge is 0.489 e. The van der Waals surface area contributed by atoms with E-state index in [-0.39, 0.29) is 5.41 Å². The van der Waals surface area contributed by atoms with Crippen LogP contribution in [0.2, 0.25) is 0 Å². The van der Waals surface area contributed by atoms with E-state index in [0.29, 0.717) is 18.2 Å². The highest BCUT2D eigenvalue weighted by atomic mass is 16.5. The number of ether oxygens (including phenoxy) is 1. The van der Waals surface area contributed by atoms with E-state index in [1.807, 2.05) is 6.20 Å². The first-order valence-electron chi connectivity index (χ1n) is 7.40. The molecule has 3 heteroatoms. The Morgan fingerprint density at radius 2 is 1.84 bits per heavy atom. The molecule has 1 aromatic heterocycles. The lowest BCUT2D eigenvalue weighted by Crippen LogP contribution is -2.42. The molecule has 0 spiro atoms. The van der Waals surface area contributed by atoms with Crippen LogP contribution in [0.15, 0.2) is 18.3 Å². The zero-order valence-electron chi connectivity index (χ0n) is 12.1. The SMILES string of the molecule is CC(C)(C)c1ccc(OC2CC3CCC(C2)N3)cn1. The molecule has 1 aromatic rings. The standard InChI is InChI=1S/C16H24N2O/c1-16(2,3)15-7-6-13(10-17-15)19-14-8-11-4-5-12(9-14)18-11/h6-7,10-12,14,18H,4-5,8-9H2,1-3H3. The fourth-order valence-corrected chi connectivity index (χ4v) is 3.19. The molecule has 1 N–H and O–H groups in total. The monoisotopic (exact) mass is 260 g/mol. The van der Waals surface area contributed by atoms with E-state index in [0.717, 1.165) is 24.3 Å². The molecule has 104 valence electrons. The predicted octanol–water partition coefficient (Wildman–Crippen LogP) is 3.04. The number of piperidine rings is 1. The molecule has 0 aromatic carbocycles. The molecule has 19 heavy (non-hydrogen) atoms. The summed E-state index contributed by atoms with van der Waals surface area (Å²) in [6.07, 6.45) is 7.14. The molecule has 2 unspecified atom stereocenters. The van der Waals surface area contributed by atoms with Crippen LogP contribution >= 0.6 is 0 Å². The van der Waals surface area contributed by atoms with E-state index in [2.05, 4.69) is 43.2 Å². The summed E-state index contributed by atoms with van der Waals surface area (Å²) in [4.78, 5) is 4.53. The molecule has 3 heterocycles. The summed E-state index contributed by atoms with van der Waals surface area (Å²) in [6, 6.07) is 5.50. The lowest BCUT2D eigenvalue weighted by molar-refractivity contribution is 0.137. The van der Waals surface area contributed by atoms with Gasteiger partial charge in [-0.15, -0.1) is 0 Å². The van der Waals surface area contributed by atoms with Gasteiger partial charge in [0.05, 0.1) is 6.20 Å². The van der Waals surface area contributed by atoms with Crippen molar-refractivity contribution in [3.8, 4) is 5.75 Å². The van der Waals surface area contributed by atoms with Crippen LogP contribution < -0.4 is 10.1 Å². The third kappa shape index (κ3) is 2.92. The maximum absolute atomic E-state index is 6.10. The van der Waals surface area contributed by atoms with Crippen LogP contribution in [0.3, 0.4) is 0 Å². The lowest BCUT2D eigenvalue weighted by atomic mass is 9.92. The summed E-state index contributed by atoms with van der Waals surface area (Å²) in [5.74, 6) is 0.916. The number of hydrogen-bond donors (Lipinski definition) is 1. The molecule has 3 rings (SSSR count). The third-order valence-electron chi connectivity index (χ3n) is 4.24. The number of hydrogen-bond acceptors (Lipinski definition) is 3. The molecule has 2 saturated heterocycles. The van der Waals surface area contributed by atoms with Crippen molar-refractivity contribution in [2.75, 3.05) is 0 Å². The van der Waals surface area contributed by atoms with E-state index < -0.39 is 0 Å². The normalized spacial score (nSPS) is 30.4. The number of pyridine rings is 1. The van der Waals surface area contributed by atoms with Crippen molar-refractivity contribution < 1.29 is 4.74 Å². The second kappa shape index (κ2) is 4.78. The van der Waals surface area contributed by atoms with Crippen LogP contribution in [-0.4, -0.2) is 23.2 Å². The smallest absolute Gasteiger partial charge is 0.138 e. The average molecular weight is 260 g/mol. The van der Waals surface area contributed by atoms with Gasteiger partial charge in [-0.05, 0) is 37.8 Å². The number of rotatable bonds is 2. The molecule has 2 aliphatic heterocycles. The topological polar surface area (TPSA) is 34.1 Å². The van der Waals surface area contributed by atoms with Gasteiger partial charge in [0.25, 0.3) is 0 Å². The Morgan fingerprint density at radius 3 is 2.37 bits per heavy atom. The van der Waals surface area contributed by atoms with Gasteiger partial charge in [0.2, 0.25) is 0 Å². The summed E-state index contributed by atoms with van der Waals surface area (Å²) in [7, 11) is 0. The Kier molecular flexibility index (Phi) is 3.25. The summed E-state index contributed by atoms with van der Waals surface area (Å²) < 4.78 is 6.10. The van der Waals surface area contributed by atoms with Crippen LogP contribution in [0.25, 0.3) is 0 Å². The van der Waals surface area contributed by atoms with E-state index in [9.17, 15) is 0 Å². The molecule has 2 bridgehead atoms. The quantitative estimate of drug-likeness (QED) is 0.887. The minimum atomic E-state index is 0.104. The Labute approximate surface area is 115 Å². The minimum absolute atomic E-state index is 0.104. The summed E-state index contributed by atoms with van der Waals surface area (Å²) in [5, 5.41) is 3.64. The minimum Gasteiger partial charge on any atom is -0.489 e. The second-order valence-corrected chi connectivity index (χ2v) is 6.98. The van der Waals surface area contributed by atoms with Crippen molar-refractivity contribution >= 4 is 0 Å². The van der Waals surface area contributed by atoms with Gasteiger partial charge < -0.3 is 10.1 Å². The highest BCUT2D eigenvalue weighted by Crippen LogP contribution is 2.30. The molecule has 3 nitrogen and oxygen atoms in total. The van der Waals surface area contributed by atoms with Gasteiger partial charge in [-0.2, -0.15) is 0 Å². The van der Waals surface area contributed by atoms with Gasteiger partial charge in [0.15, 0.2) is 0 Å². The lowest BCUT2D eigenvalue weighted by Gasteiger charge is -2.29. The second-order valence-electron chi connectivity index (χ2n) is 6.98. The summed E-state index contributed by atoms with van der Waals surface area (Å²) >= 11 is 0. The molecule has 0 aliphatic carbocycles. The van der Waals surface area contributed by atoms with Crippen molar-refractivity contribution in [3.63, 3.8) is 0 Å². The third-order valence-corrected chi connectivity index (χ3v) is 4.24. The van der Waals surface area contributed by atoms with E-state index in [4.69, 9.17) is 4.74 Å². The Bertz CT molecular complexity index is 423. The Morgan fingerprint density at radius 1 is 1.16 bits per heavy atom. The zero-order valence-corrected chi connectivity index (χ0v) is 12.1. The van der Waals surface area contributed by atoms with Crippen molar-refractivity contribution in [2.24, 2.45) is 0 Å². The van der Waals surface area contributed by atoms with Gasteiger partial charge in [0.1, 0.15) is 11.9 Å². The molecule has 2 atom stereocenters. The molecular formula is C16H24N2O. The number of nitrogens with one attached hydrogen (secondary N) is 1. The summed E-state index contributed by atoms with van der Waals surface area (Å²) in [6.45, 7) is 6.54. The van der Waals surface area contributed by atoms with Gasteiger partial charge in [-0.25, -0.2) is 0 Å². The van der Waals surface area contributed by atoms with Crippen molar-refractivity contribution in [1.82, 2.24) is 10.3 Å². The fourth-order valence-electron chi connectivity index (χ4n) is 3.19. The van der Waals surface area contributed by atoms with Gasteiger partial charge in [0, 0.05) is 23.2 Å². The van der Waals surface area contributed by atoms with Crippen LogP contribution in [0.4, 0.5) is 0 Å². The Balaban J connectivity index is 1.64. The van der Waals surface area contributed by atoms with Crippen LogP contribution in [0, 0.1) is 0 Å². The maximum Gasteiger partial charge on any atom is 0.138 e. The average Bonchev–Trinajstić information content (AvgIpc) is 2.68. The molecule has 0 radical (unpaired) electrons. The van der Waals surface area contributed by atoms with Crippen molar-refractivity contribution in [3.05, 3.63) is 24.0 Å².